The molecule has 0 bridgehead atoms. The van der Waals surface area contributed by atoms with Crippen molar-refractivity contribution in [2.24, 2.45) is 23.2 Å². The van der Waals surface area contributed by atoms with Crippen LogP contribution in [0.15, 0.2) is 0 Å². The van der Waals surface area contributed by atoms with E-state index in [1.807, 2.05) is 0 Å². The van der Waals surface area contributed by atoms with Crippen LogP contribution in [0, 0.1) is 23.2 Å². The molecule has 0 aliphatic heterocycles. The number of unbranched alkanes of at least 4 members (excludes halogenated alkanes) is 16. The van der Waals surface area contributed by atoms with Crippen molar-refractivity contribution < 1.29 is 48.5 Å². The van der Waals surface area contributed by atoms with Crippen molar-refractivity contribution >= 4 is 0 Å². The molecular weight excluding hydrogens is 700 g/mol. The Balaban J connectivity index is 5.26. The Hall–Kier alpha value is -0.400. The zero-order chi connectivity index (χ0) is 40.3. The van der Waals surface area contributed by atoms with Crippen LogP contribution in [0.25, 0.3) is 0 Å². The first-order valence-electron chi connectivity index (χ1n) is 22.9. The summed E-state index contributed by atoms with van der Waals surface area (Å²) in [5.41, 5.74) is -1.09. The monoisotopic (exact) mass is 793 g/mol. The first-order chi connectivity index (χ1) is 27.0. The molecule has 0 fully saturated rings. The zero-order valence-electron chi connectivity index (χ0n) is 36.6. The molecule has 0 saturated carbocycles. The molecule has 0 radical (unpaired) electrons. The zero-order valence-corrected chi connectivity index (χ0v) is 36.6. The van der Waals surface area contributed by atoms with Crippen molar-refractivity contribution in [1.29, 1.82) is 0 Å². The minimum Gasteiger partial charge on any atom is -0.396 e. The number of hydrogen-bond donors (Lipinski definition) is 3. The van der Waals surface area contributed by atoms with Crippen LogP contribution in [0.2, 0.25) is 0 Å². The van der Waals surface area contributed by atoms with Crippen LogP contribution < -0.4 is 0 Å². The van der Waals surface area contributed by atoms with Crippen LogP contribution in [-0.4, -0.2) is 128 Å². The lowest BCUT2D eigenvalue weighted by Gasteiger charge is -2.28. The number of aliphatic hydroxyl groups is 3. The third-order valence-corrected chi connectivity index (χ3v) is 10.2. The Labute approximate surface area is 339 Å². The minimum atomic E-state index is -1.09. The van der Waals surface area contributed by atoms with Gasteiger partial charge in [-0.3, -0.25) is 0 Å². The molecule has 0 aliphatic carbocycles. The number of hydrogen-bond acceptors (Lipinski definition) is 10. The van der Waals surface area contributed by atoms with E-state index in [9.17, 15) is 15.3 Å². The van der Waals surface area contributed by atoms with Crippen molar-refractivity contribution in [2.45, 2.75) is 156 Å². The summed E-state index contributed by atoms with van der Waals surface area (Å²) >= 11 is 0. The van der Waals surface area contributed by atoms with Gasteiger partial charge in [-0.15, -0.1) is 0 Å². The lowest BCUT2D eigenvalue weighted by molar-refractivity contribution is -0.0838. The minimum absolute atomic E-state index is 0.0363. The Morgan fingerprint density at radius 2 is 0.545 bits per heavy atom. The molecule has 10 nitrogen and oxygen atoms in total. The second-order valence-corrected chi connectivity index (χ2v) is 16.1. The van der Waals surface area contributed by atoms with Crippen molar-refractivity contribution in [2.75, 3.05) is 112 Å². The summed E-state index contributed by atoms with van der Waals surface area (Å²) in [5.74, 6) is 0.164. The van der Waals surface area contributed by atoms with Gasteiger partial charge >= 0.3 is 0 Å². The van der Waals surface area contributed by atoms with Crippen molar-refractivity contribution in [3.05, 3.63) is 0 Å². The van der Waals surface area contributed by atoms with Gasteiger partial charge in [-0.25, -0.2) is 0 Å². The van der Waals surface area contributed by atoms with Gasteiger partial charge in [0, 0.05) is 44.2 Å². The van der Waals surface area contributed by atoms with Crippen LogP contribution in [0.5, 0.6) is 0 Å². The molecule has 0 unspecified atom stereocenters. The van der Waals surface area contributed by atoms with E-state index in [-0.39, 0.29) is 44.2 Å². The standard InChI is InChI=1S/C45H92O10/c1-5-9-13-17-21-25-49-29-42(30-50-26-22-18-14-10-6-2)33-53-35-44(37-55-41-45(38-46,39-47)40-48)36-54-34-43(31-51-27-23-19-15-11-7-3)32-52-28-24-20-16-12-8-4/h42-44,46-48H,5-41H2,1-4H3. The fourth-order valence-electron chi connectivity index (χ4n) is 6.20. The number of ether oxygens (including phenoxy) is 7. The predicted molar refractivity (Wildman–Crippen MR) is 225 cm³/mol. The molecule has 332 valence electrons. The Bertz CT molecular complexity index is 636. The lowest BCUT2D eigenvalue weighted by Crippen LogP contribution is -2.39. The van der Waals surface area contributed by atoms with Crippen molar-refractivity contribution in [1.82, 2.24) is 0 Å². The molecule has 55 heavy (non-hydrogen) atoms. The molecule has 0 aromatic heterocycles. The van der Waals surface area contributed by atoms with E-state index < -0.39 is 5.41 Å². The van der Waals surface area contributed by atoms with Gasteiger partial charge in [0.25, 0.3) is 0 Å². The van der Waals surface area contributed by atoms with E-state index in [1.165, 1.54) is 103 Å². The molecule has 0 heterocycles. The van der Waals surface area contributed by atoms with Gasteiger partial charge in [0.15, 0.2) is 0 Å². The van der Waals surface area contributed by atoms with Crippen LogP contribution >= 0.6 is 0 Å². The van der Waals surface area contributed by atoms with Gasteiger partial charge in [0.05, 0.1) is 91.3 Å². The third kappa shape index (κ3) is 35.3. The van der Waals surface area contributed by atoms with E-state index in [1.54, 1.807) is 0 Å². The molecule has 0 saturated heterocycles. The molecule has 0 aliphatic rings. The van der Waals surface area contributed by atoms with Gasteiger partial charge in [0.1, 0.15) is 0 Å². The Kier molecular flexibility index (Phi) is 42.9. The van der Waals surface area contributed by atoms with Gasteiger partial charge in [-0.2, -0.15) is 0 Å². The largest absolute Gasteiger partial charge is 0.396 e. The Morgan fingerprint density at radius 3 is 0.800 bits per heavy atom. The summed E-state index contributed by atoms with van der Waals surface area (Å²) in [6.45, 7) is 15.5. The molecule has 0 aromatic carbocycles. The normalized spacial score (nSPS) is 12.3. The van der Waals surface area contributed by atoms with Crippen molar-refractivity contribution in [3.63, 3.8) is 0 Å². The molecule has 0 aromatic rings. The fraction of sp³-hybridized carbons (Fsp3) is 1.00. The summed E-state index contributed by atoms with van der Waals surface area (Å²) in [5, 5.41) is 29.5. The van der Waals surface area contributed by atoms with E-state index >= 15 is 0 Å². The Morgan fingerprint density at radius 1 is 0.309 bits per heavy atom. The molecule has 0 amide bonds. The van der Waals surface area contributed by atoms with E-state index in [2.05, 4.69) is 27.7 Å². The quantitative estimate of drug-likeness (QED) is 0.0515. The maximum absolute atomic E-state index is 9.82. The summed E-state index contributed by atoms with van der Waals surface area (Å²) in [4.78, 5) is 0. The molecular formula is C45H92O10. The van der Waals surface area contributed by atoms with Crippen molar-refractivity contribution in [3.8, 4) is 0 Å². The van der Waals surface area contributed by atoms with E-state index in [0.29, 0.717) is 59.5 Å². The van der Waals surface area contributed by atoms with Crippen LogP contribution in [0.4, 0.5) is 0 Å². The van der Waals surface area contributed by atoms with Crippen LogP contribution in [0.1, 0.15) is 156 Å². The highest BCUT2D eigenvalue weighted by Crippen LogP contribution is 2.17. The van der Waals surface area contributed by atoms with Gasteiger partial charge in [-0.1, -0.05) is 130 Å². The topological polar surface area (TPSA) is 125 Å². The molecule has 0 rings (SSSR count). The predicted octanol–water partition coefficient (Wildman–Crippen LogP) is 8.80. The molecule has 10 heteroatoms. The number of aliphatic hydroxyl groups excluding tert-OH is 3. The van der Waals surface area contributed by atoms with Crippen LogP contribution in [-0.2, 0) is 33.2 Å². The van der Waals surface area contributed by atoms with E-state index in [4.69, 9.17) is 33.2 Å². The highest BCUT2D eigenvalue weighted by atomic mass is 16.5. The fourth-order valence-corrected chi connectivity index (χ4v) is 6.20. The second kappa shape index (κ2) is 43.2. The molecule has 3 N–H and O–H groups in total. The van der Waals surface area contributed by atoms with Crippen LogP contribution in [0.3, 0.4) is 0 Å². The first kappa shape index (κ1) is 54.6. The lowest BCUT2D eigenvalue weighted by atomic mass is 9.92. The third-order valence-electron chi connectivity index (χ3n) is 10.2. The van der Waals surface area contributed by atoms with Gasteiger partial charge in [-0.05, 0) is 25.7 Å². The average molecular weight is 793 g/mol. The SMILES string of the molecule is CCCCCCCOCC(COCCCCCCC)COCC(COCC(COCCCCCCC)COCCCCCCC)COCC(CO)(CO)CO. The summed E-state index contributed by atoms with van der Waals surface area (Å²) in [6, 6.07) is 0. The number of rotatable bonds is 47. The highest BCUT2D eigenvalue weighted by molar-refractivity contribution is 4.77. The first-order valence-corrected chi connectivity index (χ1v) is 22.9. The van der Waals surface area contributed by atoms with Gasteiger partial charge in [0.2, 0.25) is 0 Å². The van der Waals surface area contributed by atoms with E-state index in [0.717, 1.165) is 52.1 Å². The smallest absolute Gasteiger partial charge is 0.0629 e. The summed E-state index contributed by atoms with van der Waals surface area (Å²) in [6.07, 6.45) is 24.2. The maximum atomic E-state index is 9.82. The summed E-state index contributed by atoms with van der Waals surface area (Å²) < 4.78 is 43.0. The molecule has 0 spiro atoms. The second-order valence-electron chi connectivity index (χ2n) is 16.1. The average Bonchev–Trinajstić information content (AvgIpc) is 3.20. The molecule has 0 atom stereocenters. The summed E-state index contributed by atoms with van der Waals surface area (Å²) in [7, 11) is 0. The maximum Gasteiger partial charge on any atom is 0.0629 e. The van der Waals surface area contributed by atoms with Gasteiger partial charge < -0.3 is 48.5 Å². The highest BCUT2D eigenvalue weighted by Gasteiger charge is 2.29.